The summed E-state index contributed by atoms with van der Waals surface area (Å²) in [7, 11) is 0. The smallest absolute Gasteiger partial charge is 0.258 e. The molecular weight excluding hydrogens is 445 g/mol. The van der Waals surface area contributed by atoms with Crippen LogP contribution in [0.1, 0.15) is 54.2 Å². The largest absolute Gasteiger partial charge is 0.489 e. The van der Waals surface area contributed by atoms with Gasteiger partial charge in [0.05, 0.1) is 35.6 Å². The van der Waals surface area contributed by atoms with E-state index in [0.717, 1.165) is 30.6 Å². The van der Waals surface area contributed by atoms with Crippen molar-refractivity contribution in [3.05, 3.63) is 58.3 Å². The highest BCUT2D eigenvalue weighted by Crippen LogP contribution is 2.38. The predicted molar refractivity (Wildman–Crippen MR) is 121 cm³/mol. The minimum Gasteiger partial charge on any atom is -0.489 e. The lowest BCUT2D eigenvalue weighted by Crippen LogP contribution is -2.46. The van der Waals surface area contributed by atoms with E-state index in [1.165, 1.54) is 31.0 Å². The summed E-state index contributed by atoms with van der Waals surface area (Å²) in [5.41, 5.74) is 2.79. The van der Waals surface area contributed by atoms with E-state index in [4.69, 9.17) is 16.3 Å². The molecule has 3 atom stereocenters. The molecule has 0 N–H and O–H groups in total. The van der Waals surface area contributed by atoms with Gasteiger partial charge in [-0.1, -0.05) is 18.5 Å². The van der Waals surface area contributed by atoms with Gasteiger partial charge in [0, 0.05) is 29.9 Å². The SMILES string of the molecule is CCN1[C@@H]2CC[C@H]1CC(Oc1cc(F)ccc1C(=O)N1Cc3nn4cc(Cl)cnc4c3C1)C2. The van der Waals surface area contributed by atoms with E-state index in [2.05, 4.69) is 21.9 Å². The molecule has 0 aliphatic carbocycles. The molecule has 5 heterocycles. The second-order valence-electron chi connectivity index (χ2n) is 9.19. The maximum atomic E-state index is 14.2. The van der Waals surface area contributed by atoms with Crippen LogP contribution in [-0.4, -0.2) is 55.0 Å². The Morgan fingerprint density at radius 1 is 1.24 bits per heavy atom. The van der Waals surface area contributed by atoms with Crippen molar-refractivity contribution in [1.29, 1.82) is 0 Å². The van der Waals surface area contributed by atoms with Gasteiger partial charge in [0.1, 0.15) is 17.7 Å². The zero-order valence-corrected chi connectivity index (χ0v) is 19.1. The fourth-order valence-corrected chi connectivity index (χ4v) is 5.96. The highest BCUT2D eigenvalue weighted by molar-refractivity contribution is 6.30. The first kappa shape index (κ1) is 20.9. The Balaban J connectivity index is 1.23. The first-order valence-corrected chi connectivity index (χ1v) is 11.9. The Hall–Kier alpha value is -2.71. The first-order chi connectivity index (χ1) is 16.0. The highest BCUT2D eigenvalue weighted by Gasteiger charge is 2.41. The molecule has 3 aliphatic rings. The fraction of sp³-hybridized carbons (Fsp3) is 0.458. The molecule has 172 valence electrons. The van der Waals surface area contributed by atoms with E-state index < -0.39 is 5.82 Å². The lowest BCUT2D eigenvalue weighted by Gasteiger charge is -2.38. The predicted octanol–water partition coefficient (Wildman–Crippen LogP) is 4.07. The molecule has 2 bridgehead atoms. The van der Waals surface area contributed by atoms with Crippen LogP contribution in [0.2, 0.25) is 5.02 Å². The lowest BCUT2D eigenvalue weighted by atomic mass is 9.99. The van der Waals surface area contributed by atoms with Gasteiger partial charge in [0.2, 0.25) is 0 Å². The molecule has 0 saturated carbocycles. The van der Waals surface area contributed by atoms with Crippen LogP contribution in [0.15, 0.2) is 30.6 Å². The minimum atomic E-state index is -0.404. The van der Waals surface area contributed by atoms with Gasteiger partial charge in [-0.3, -0.25) is 9.69 Å². The molecule has 2 saturated heterocycles. The number of piperidine rings is 1. The number of hydrogen-bond donors (Lipinski definition) is 0. The van der Waals surface area contributed by atoms with Gasteiger partial charge in [-0.2, -0.15) is 5.10 Å². The number of nitrogens with zero attached hydrogens (tertiary/aromatic N) is 5. The normalized spacial score (nSPS) is 24.5. The number of halogens is 2. The Morgan fingerprint density at radius 2 is 2.03 bits per heavy atom. The van der Waals surface area contributed by atoms with Crippen LogP contribution in [0, 0.1) is 5.82 Å². The lowest BCUT2D eigenvalue weighted by molar-refractivity contribution is 0.0511. The van der Waals surface area contributed by atoms with Crippen LogP contribution in [0.5, 0.6) is 5.75 Å². The van der Waals surface area contributed by atoms with Crippen LogP contribution in [0.25, 0.3) is 5.65 Å². The number of hydrogen-bond acceptors (Lipinski definition) is 5. The van der Waals surface area contributed by atoms with Gasteiger partial charge in [-0.25, -0.2) is 13.9 Å². The van der Waals surface area contributed by atoms with E-state index in [1.807, 2.05) is 0 Å². The third kappa shape index (κ3) is 3.56. The van der Waals surface area contributed by atoms with Crippen molar-refractivity contribution in [2.24, 2.45) is 0 Å². The Bertz CT molecular complexity index is 1230. The average Bonchev–Trinajstić information content (AvgIpc) is 3.42. The van der Waals surface area contributed by atoms with E-state index >= 15 is 0 Å². The quantitative estimate of drug-likeness (QED) is 0.576. The molecule has 9 heteroatoms. The first-order valence-electron chi connectivity index (χ1n) is 11.5. The Morgan fingerprint density at radius 3 is 2.79 bits per heavy atom. The zero-order chi connectivity index (χ0) is 22.7. The molecule has 7 nitrogen and oxygen atoms in total. The molecule has 2 fully saturated rings. The summed E-state index contributed by atoms with van der Waals surface area (Å²) in [5.74, 6) is -0.263. The molecule has 0 radical (unpaired) electrons. The minimum absolute atomic E-state index is 0.00687. The summed E-state index contributed by atoms with van der Waals surface area (Å²) in [5, 5.41) is 5.03. The summed E-state index contributed by atoms with van der Waals surface area (Å²) in [4.78, 5) is 22.1. The summed E-state index contributed by atoms with van der Waals surface area (Å²) < 4.78 is 22.1. The van der Waals surface area contributed by atoms with Crippen LogP contribution in [0.3, 0.4) is 0 Å². The molecular formula is C24H25ClFN5O2. The average molecular weight is 470 g/mol. The number of amides is 1. The monoisotopic (exact) mass is 469 g/mol. The van der Waals surface area contributed by atoms with Crippen LogP contribution >= 0.6 is 11.6 Å². The number of carbonyl (C=O) groups excluding carboxylic acids is 1. The summed E-state index contributed by atoms with van der Waals surface area (Å²) >= 11 is 6.01. The Kier molecular flexibility index (Phi) is 5.03. The number of fused-ring (bicyclic) bond motifs is 5. The number of benzene rings is 1. The topological polar surface area (TPSA) is 63.0 Å². The van der Waals surface area contributed by atoms with Crippen LogP contribution in [0.4, 0.5) is 4.39 Å². The van der Waals surface area contributed by atoms with Crippen LogP contribution < -0.4 is 4.74 Å². The number of ether oxygens (including phenoxy) is 1. The molecule has 0 spiro atoms. The van der Waals surface area contributed by atoms with Crippen molar-refractivity contribution in [2.75, 3.05) is 6.54 Å². The highest BCUT2D eigenvalue weighted by atomic mass is 35.5. The standard InChI is InChI=1S/C24H25ClFN5O2/c1-2-30-16-4-5-17(30)9-18(8-16)33-22-7-15(26)3-6-19(22)24(32)29-12-20-21(13-29)28-31-11-14(25)10-27-23(20)31/h3,6-7,10-11,16-18H,2,4-5,8-9,12-13H2,1H3/t16-,17+,18?. The van der Waals surface area contributed by atoms with Gasteiger partial charge in [0.25, 0.3) is 5.91 Å². The van der Waals surface area contributed by atoms with E-state index in [-0.39, 0.29) is 12.0 Å². The van der Waals surface area contributed by atoms with Crippen molar-refractivity contribution < 1.29 is 13.9 Å². The molecule has 3 aliphatic heterocycles. The molecule has 2 aromatic heterocycles. The van der Waals surface area contributed by atoms with Crippen LogP contribution in [-0.2, 0) is 13.1 Å². The second kappa shape index (κ2) is 7.95. The van der Waals surface area contributed by atoms with Gasteiger partial charge in [-0.05, 0) is 44.4 Å². The van der Waals surface area contributed by atoms with Gasteiger partial charge in [-0.15, -0.1) is 0 Å². The van der Waals surface area contributed by atoms with Crippen molar-refractivity contribution >= 4 is 23.2 Å². The van der Waals surface area contributed by atoms with Crippen molar-refractivity contribution in [1.82, 2.24) is 24.4 Å². The zero-order valence-electron chi connectivity index (χ0n) is 18.4. The third-order valence-corrected chi connectivity index (χ3v) is 7.47. The molecule has 6 rings (SSSR count). The van der Waals surface area contributed by atoms with E-state index in [0.29, 0.717) is 47.2 Å². The summed E-state index contributed by atoms with van der Waals surface area (Å²) in [6.45, 7) is 4.00. The number of rotatable bonds is 4. The second-order valence-corrected chi connectivity index (χ2v) is 9.63. The molecule has 1 amide bonds. The van der Waals surface area contributed by atoms with E-state index in [9.17, 15) is 9.18 Å². The molecule has 1 unspecified atom stereocenters. The Labute approximate surface area is 196 Å². The number of aromatic nitrogens is 3. The van der Waals surface area contributed by atoms with Gasteiger partial charge < -0.3 is 9.64 Å². The van der Waals surface area contributed by atoms with Gasteiger partial charge in [0.15, 0.2) is 5.65 Å². The fourth-order valence-electron chi connectivity index (χ4n) is 5.82. The maximum absolute atomic E-state index is 14.2. The molecule has 1 aromatic carbocycles. The number of carbonyl (C=O) groups is 1. The van der Waals surface area contributed by atoms with E-state index in [1.54, 1.807) is 21.8 Å². The van der Waals surface area contributed by atoms with Crippen molar-refractivity contribution in [3.8, 4) is 5.75 Å². The van der Waals surface area contributed by atoms with Gasteiger partial charge >= 0.3 is 0 Å². The molecule has 33 heavy (non-hydrogen) atoms. The summed E-state index contributed by atoms with van der Waals surface area (Å²) in [6.07, 6.45) is 7.46. The van der Waals surface area contributed by atoms with Crippen molar-refractivity contribution in [2.45, 2.75) is 63.9 Å². The maximum Gasteiger partial charge on any atom is 0.258 e. The summed E-state index contributed by atoms with van der Waals surface area (Å²) in [6, 6.07) is 5.22. The van der Waals surface area contributed by atoms with Crippen molar-refractivity contribution in [3.63, 3.8) is 0 Å². The third-order valence-electron chi connectivity index (χ3n) is 7.27. The molecule has 3 aromatic rings.